The van der Waals surface area contributed by atoms with E-state index in [1.807, 2.05) is 78.9 Å². The molecule has 0 saturated carbocycles. The molecule has 0 amide bonds. The zero-order valence-electron chi connectivity index (χ0n) is 18.6. The molecule has 0 aromatic heterocycles. The maximum atomic E-state index is 11.7. The molecule has 0 saturated heterocycles. The van der Waals surface area contributed by atoms with Gasteiger partial charge >= 0.3 is 5.97 Å². The molecular weight excluding hydrogens is 428 g/mol. The zero-order chi connectivity index (χ0) is 23.9. The van der Waals surface area contributed by atoms with Crippen LogP contribution in [-0.2, 0) is 4.79 Å². The number of nitrogens with zero attached hydrogens (tertiary/aromatic N) is 1. The molecule has 0 radical (unpaired) electrons. The van der Waals surface area contributed by atoms with Crippen molar-refractivity contribution < 1.29 is 19.5 Å². The maximum absolute atomic E-state index is 11.7. The number of allylic oxidation sites excluding steroid dienone is 4. The molecule has 0 bridgehead atoms. The highest BCUT2D eigenvalue weighted by Crippen LogP contribution is 2.30. The van der Waals surface area contributed by atoms with Gasteiger partial charge in [0.05, 0.1) is 11.3 Å². The van der Waals surface area contributed by atoms with Crippen molar-refractivity contribution in [3.05, 3.63) is 119 Å². The number of nitrogens with two attached hydrogens (primary N) is 1. The topological polar surface area (TPSA) is 94.1 Å². The van der Waals surface area contributed by atoms with Gasteiger partial charge in [-0.3, -0.25) is 4.99 Å². The maximum Gasteiger partial charge on any atom is 0.335 e. The van der Waals surface area contributed by atoms with Crippen LogP contribution < -0.4 is 15.5 Å². The van der Waals surface area contributed by atoms with Crippen LogP contribution in [0.5, 0.6) is 17.2 Å². The van der Waals surface area contributed by atoms with Gasteiger partial charge in [0.1, 0.15) is 11.5 Å². The van der Waals surface area contributed by atoms with E-state index in [2.05, 4.69) is 0 Å². The lowest BCUT2D eigenvalue weighted by atomic mass is 9.97. The second-order valence-electron chi connectivity index (χ2n) is 7.67. The highest BCUT2D eigenvalue weighted by molar-refractivity contribution is 6.13. The van der Waals surface area contributed by atoms with Crippen molar-refractivity contribution in [2.24, 2.45) is 10.9 Å². The van der Waals surface area contributed by atoms with Crippen LogP contribution in [-0.4, -0.2) is 16.8 Å². The standard InChI is InChI=1S/C28H24N2O4/c1-19-17-22(28(31)32)12-11-21(25-9-5-6-10-27(25)34-29)18-26(30-19)20-13-15-24(16-14-20)33-23-7-3-2-4-8-23/h2-10,12-18H,11,29H2,1H3,(H,31,32)/b19-17?,21-18-,22-12?,30-26?. The van der Waals surface area contributed by atoms with Crippen molar-refractivity contribution in [2.75, 3.05) is 0 Å². The molecule has 0 aliphatic carbocycles. The number of aliphatic carboxylic acids is 1. The summed E-state index contributed by atoms with van der Waals surface area (Å²) in [4.78, 5) is 21.5. The number of benzene rings is 3. The Hall–Kier alpha value is -4.42. The first-order valence-electron chi connectivity index (χ1n) is 10.7. The number of hydrogen-bond donors (Lipinski definition) is 2. The molecule has 1 aliphatic rings. The summed E-state index contributed by atoms with van der Waals surface area (Å²) in [5.41, 5.74) is 3.88. The van der Waals surface area contributed by atoms with Gasteiger partial charge in [0, 0.05) is 16.8 Å². The lowest BCUT2D eigenvalue weighted by Gasteiger charge is -2.12. The van der Waals surface area contributed by atoms with Crippen LogP contribution in [0.3, 0.4) is 0 Å². The van der Waals surface area contributed by atoms with Gasteiger partial charge in [0.2, 0.25) is 0 Å². The predicted molar refractivity (Wildman–Crippen MR) is 133 cm³/mol. The third-order valence-electron chi connectivity index (χ3n) is 5.25. The predicted octanol–water partition coefficient (Wildman–Crippen LogP) is 5.92. The van der Waals surface area contributed by atoms with Gasteiger partial charge in [-0.25, -0.2) is 4.79 Å². The van der Waals surface area contributed by atoms with E-state index in [-0.39, 0.29) is 5.57 Å². The van der Waals surface area contributed by atoms with Gasteiger partial charge in [-0.1, -0.05) is 42.5 Å². The molecule has 3 aromatic rings. The van der Waals surface area contributed by atoms with Crippen molar-refractivity contribution in [3.63, 3.8) is 0 Å². The van der Waals surface area contributed by atoms with Crippen LogP contribution in [0.1, 0.15) is 24.5 Å². The normalized spacial score (nSPS) is 15.4. The number of hydrogen-bond acceptors (Lipinski definition) is 5. The summed E-state index contributed by atoms with van der Waals surface area (Å²) in [6.07, 6.45) is 5.53. The van der Waals surface area contributed by atoms with E-state index >= 15 is 0 Å². The molecular formula is C28H24N2O4. The fraction of sp³-hybridized carbons (Fsp3) is 0.0714. The summed E-state index contributed by atoms with van der Waals surface area (Å²) in [5, 5.41) is 9.62. The van der Waals surface area contributed by atoms with E-state index in [1.54, 1.807) is 25.1 Å². The summed E-state index contributed by atoms with van der Waals surface area (Å²) in [6.45, 7) is 1.78. The molecule has 170 valence electrons. The number of para-hydroxylation sites is 2. The van der Waals surface area contributed by atoms with E-state index < -0.39 is 5.97 Å². The Morgan fingerprint density at radius 3 is 2.29 bits per heavy atom. The summed E-state index contributed by atoms with van der Waals surface area (Å²) < 4.78 is 5.90. The molecule has 0 spiro atoms. The minimum atomic E-state index is -1.01. The highest BCUT2D eigenvalue weighted by atomic mass is 16.6. The van der Waals surface area contributed by atoms with Crippen LogP contribution in [0.4, 0.5) is 0 Å². The minimum absolute atomic E-state index is 0.172. The first-order valence-corrected chi connectivity index (χ1v) is 10.7. The van der Waals surface area contributed by atoms with Crippen molar-refractivity contribution in [2.45, 2.75) is 13.3 Å². The van der Waals surface area contributed by atoms with E-state index in [0.717, 1.165) is 22.4 Å². The quantitative estimate of drug-likeness (QED) is 0.453. The second kappa shape index (κ2) is 10.5. The monoisotopic (exact) mass is 452 g/mol. The highest BCUT2D eigenvalue weighted by Gasteiger charge is 2.14. The number of carbonyl (C=O) groups is 1. The van der Waals surface area contributed by atoms with Gasteiger partial charge in [-0.15, -0.1) is 0 Å². The van der Waals surface area contributed by atoms with Gasteiger partial charge in [0.25, 0.3) is 0 Å². The Balaban J connectivity index is 1.76. The largest absolute Gasteiger partial charge is 0.478 e. The van der Waals surface area contributed by atoms with Gasteiger partial charge in [-0.05, 0) is 73.5 Å². The van der Waals surface area contributed by atoms with E-state index in [1.165, 1.54) is 0 Å². The fourth-order valence-electron chi connectivity index (χ4n) is 3.62. The molecule has 3 N–H and O–H groups in total. The molecule has 6 nitrogen and oxygen atoms in total. The Kier molecular flexibility index (Phi) is 7.01. The third-order valence-corrected chi connectivity index (χ3v) is 5.25. The number of aliphatic imine (C=N–C) groups is 1. The first kappa shape index (κ1) is 22.8. The first-order chi connectivity index (χ1) is 16.5. The Bertz CT molecular complexity index is 1300. The van der Waals surface area contributed by atoms with Gasteiger partial charge < -0.3 is 14.7 Å². The Morgan fingerprint density at radius 2 is 1.59 bits per heavy atom. The van der Waals surface area contributed by atoms with Crippen LogP contribution in [0.25, 0.3) is 5.57 Å². The Morgan fingerprint density at radius 1 is 0.912 bits per heavy atom. The number of carboxylic acids is 1. The van der Waals surface area contributed by atoms with E-state index in [0.29, 0.717) is 29.3 Å². The molecule has 1 aliphatic heterocycles. The molecule has 6 heteroatoms. The summed E-state index contributed by atoms with van der Waals surface area (Å²) in [5.74, 6) is 6.43. The average molecular weight is 453 g/mol. The lowest BCUT2D eigenvalue weighted by Crippen LogP contribution is -2.05. The fourth-order valence-corrected chi connectivity index (χ4v) is 3.62. The molecule has 3 aromatic carbocycles. The van der Waals surface area contributed by atoms with Crippen molar-refractivity contribution in [1.82, 2.24) is 0 Å². The molecule has 4 rings (SSSR count). The zero-order valence-corrected chi connectivity index (χ0v) is 18.6. The third kappa shape index (κ3) is 5.49. The van der Waals surface area contributed by atoms with Gasteiger partial charge in [-0.2, -0.15) is 5.90 Å². The Labute approximate surface area is 197 Å². The minimum Gasteiger partial charge on any atom is -0.478 e. The van der Waals surface area contributed by atoms with Crippen molar-refractivity contribution in [3.8, 4) is 17.2 Å². The smallest absolute Gasteiger partial charge is 0.335 e. The number of rotatable bonds is 6. The molecule has 1 heterocycles. The number of carboxylic acid groups (broad SMARTS) is 1. The summed E-state index contributed by atoms with van der Waals surface area (Å²) >= 11 is 0. The summed E-state index contributed by atoms with van der Waals surface area (Å²) in [6, 6.07) is 24.5. The van der Waals surface area contributed by atoms with Crippen LogP contribution >= 0.6 is 0 Å². The number of ether oxygens (including phenoxy) is 1. The van der Waals surface area contributed by atoms with Gasteiger partial charge in [0.15, 0.2) is 5.75 Å². The molecule has 34 heavy (non-hydrogen) atoms. The van der Waals surface area contributed by atoms with Crippen LogP contribution in [0.2, 0.25) is 0 Å². The summed E-state index contributed by atoms with van der Waals surface area (Å²) in [7, 11) is 0. The van der Waals surface area contributed by atoms with Crippen LogP contribution in [0.15, 0.2) is 113 Å². The molecule has 0 fully saturated rings. The van der Waals surface area contributed by atoms with Crippen molar-refractivity contribution >= 4 is 17.3 Å². The average Bonchev–Trinajstić information content (AvgIpc) is 2.94. The molecule has 0 atom stereocenters. The van der Waals surface area contributed by atoms with E-state index in [9.17, 15) is 9.90 Å². The van der Waals surface area contributed by atoms with Crippen LogP contribution in [0, 0.1) is 0 Å². The second-order valence-corrected chi connectivity index (χ2v) is 7.67. The lowest BCUT2D eigenvalue weighted by molar-refractivity contribution is -0.132. The molecule has 0 unspecified atom stereocenters. The van der Waals surface area contributed by atoms with Crippen molar-refractivity contribution in [1.29, 1.82) is 0 Å². The van der Waals surface area contributed by atoms with E-state index in [4.69, 9.17) is 20.5 Å². The SMILES string of the molecule is CC1=CC(C(=O)O)=CC/C(c2ccccc2ON)=C/C(c2ccc(Oc3ccccc3)cc2)=N1.